The Morgan fingerprint density at radius 1 is 1.26 bits per heavy atom. The highest BCUT2D eigenvalue weighted by Crippen LogP contribution is 2.27. The van der Waals surface area contributed by atoms with Gasteiger partial charge >= 0.3 is 0 Å². The Morgan fingerprint density at radius 2 is 2.00 bits per heavy atom. The summed E-state index contributed by atoms with van der Waals surface area (Å²) in [5.41, 5.74) is -0.188. The van der Waals surface area contributed by atoms with Crippen LogP contribution in [-0.2, 0) is 11.2 Å². The fraction of sp³-hybridized carbons (Fsp3) is 0.571. The quantitative estimate of drug-likeness (QED) is 0.698. The molecule has 19 heavy (non-hydrogen) atoms. The normalized spacial score (nSPS) is 13.9. The van der Waals surface area contributed by atoms with E-state index in [1.807, 2.05) is 6.07 Å². The highest BCUT2D eigenvalue weighted by molar-refractivity contribution is 5.40. The van der Waals surface area contributed by atoms with Gasteiger partial charge in [0, 0.05) is 7.11 Å². The maximum Gasteiger partial charge on any atom is 0.188 e. The topological polar surface area (TPSA) is 68.2 Å². The van der Waals surface area contributed by atoms with Crippen LogP contribution in [0.1, 0.15) is 18.9 Å². The summed E-state index contributed by atoms with van der Waals surface area (Å²) in [7, 11) is 3.15. The van der Waals surface area contributed by atoms with E-state index in [1.165, 1.54) is 0 Å². The van der Waals surface area contributed by atoms with Crippen LogP contribution in [0.25, 0.3) is 0 Å². The number of hydrogen-bond acceptors (Lipinski definition) is 5. The second-order valence-corrected chi connectivity index (χ2v) is 4.68. The van der Waals surface area contributed by atoms with Gasteiger partial charge in [0.2, 0.25) is 0 Å². The number of rotatable bonds is 8. The average molecular weight is 270 g/mol. The largest absolute Gasteiger partial charge is 0.497 e. The van der Waals surface area contributed by atoms with Crippen molar-refractivity contribution in [1.82, 2.24) is 0 Å². The number of ether oxygens (including phenoxy) is 3. The fourth-order valence-corrected chi connectivity index (χ4v) is 1.62. The molecule has 1 unspecified atom stereocenters. The molecule has 0 radical (unpaired) electrons. The lowest BCUT2D eigenvalue weighted by Gasteiger charge is -2.21. The van der Waals surface area contributed by atoms with Crippen molar-refractivity contribution >= 4 is 0 Å². The molecule has 0 aliphatic rings. The van der Waals surface area contributed by atoms with Crippen molar-refractivity contribution in [3.8, 4) is 11.5 Å². The first-order valence-corrected chi connectivity index (χ1v) is 6.14. The molecule has 5 nitrogen and oxygen atoms in total. The first-order chi connectivity index (χ1) is 9.02. The molecule has 0 heterocycles. The van der Waals surface area contributed by atoms with Gasteiger partial charge in [0.05, 0.1) is 19.3 Å². The van der Waals surface area contributed by atoms with Crippen molar-refractivity contribution in [2.45, 2.75) is 25.4 Å². The summed E-state index contributed by atoms with van der Waals surface area (Å²) in [6, 6.07) is 5.47. The van der Waals surface area contributed by atoms with Crippen LogP contribution in [0.2, 0.25) is 0 Å². The summed E-state index contributed by atoms with van der Waals surface area (Å²) in [6.45, 7) is 1.49. The second kappa shape index (κ2) is 7.33. The number of methoxy groups -OCH3 is 2. The summed E-state index contributed by atoms with van der Waals surface area (Å²) < 4.78 is 15.5. The predicted octanol–water partition coefficient (Wildman–Crippen LogP) is 1.35. The number of aryl methyl sites for hydroxylation is 1. The third kappa shape index (κ3) is 5.06. The summed E-state index contributed by atoms with van der Waals surface area (Å²) in [5.74, 6) is 1.42. The van der Waals surface area contributed by atoms with Crippen LogP contribution in [-0.4, -0.2) is 43.4 Å². The van der Waals surface area contributed by atoms with E-state index in [0.29, 0.717) is 18.6 Å². The number of hydrogen-bond donors (Lipinski definition) is 2. The molecular formula is C14H22O5. The summed E-state index contributed by atoms with van der Waals surface area (Å²) in [4.78, 5) is 0. The molecule has 0 spiro atoms. The Kier molecular flexibility index (Phi) is 6.08. The Balaban J connectivity index is 2.82. The van der Waals surface area contributed by atoms with Crippen LogP contribution in [0, 0.1) is 0 Å². The van der Waals surface area contributed by atoms with Gasteiger partial charge in [0.15, 0.2) is 6.79 Å². The summed E-state index contributed by atoms with van der Waals surface area (Å²) >= 11 is 0. The molecule has 1 aromatic carbocycles. The van der Waals surface area contributed by atoms with Crippen LogP contribution in [0.3, 0.4) is 0 Å². The molecule has 0 fully saturated rings. The SMILES string of the molecule is COCOc1ccc(OC)cc1CCC(C)(O)CO. The molecule has 0 amide bonds. The van der Waals surface area contributed by atoms with Crippen molar-refractivity contribution in [2.24, 2.45) is 0 Å². The van der Waals surface area contributed by atoms with Crippen LogP contribution >= 0.6 is 0 Å². The van der Waals surface area contributed by atoms with E-state index in [4.69, 9.17) is 19.3 Å². The third-order valence-electron chi connectivity index (χ3n) is 2.87. The summed E-state index contributed by atoms with van der Waals surface area (Å²) in [5, 5.41) is 18.9. The standard InChI is InChI=1S/C14H22O5/c1-14(16,9-15)7-6-11-8-12(18-3)4-5-13(11)19-10-17-2/h4-5,8,15-16H,6-7,9-10H2,1-3H3. The first kappa shape index (κ1) is 15.8. The number of aliphatic hydroxyl groups is 2. The van der Waals surface area contributed by atoms with Gasteiger partial charge in [-0.25, -0.2) is 0 Å². The van der Waals surface area contributed by atoms with E-state index in [0.717, 1.165) is 11.3 Å². The Labute approximate surface area is 113 Å². The summed E-state index contributed by atoms with van der Waals surface area (Å²) in [6.07, 6.45) is 1.00. The lowest BCUT2D eigenvalue weighted by Crippen LogP contribution is -2.29. The zero-order chi connectivity index (χ0) is 14.3. The lowest BCUT2D eigenvalue weighted by molar-refractivity contribution is -0.00507. The minimum absolute atomic E-state index is 0.162. The van der Waals surface area contributed by atoms with Crippen molar-refractivity contribution in [2.75, 3.05) is 27.6 Å². The second-order valence-electron chi connectivity index (χ2n) is 4.68. The van der Waals surface area contributed by atoms with Gasteiger partial charge in [0.1, 0.15) is 11.5 Å². The van der Waals surface area contributed by atoms with Crippen LogP contribution in [0.15, 0.2) is 18.2 Å². The smallest absolute Gasteiger partial charge is 0.188 e. The lowest BCUT2D eigenvalue weighted by atomic mass is 9.97. The maximum atomic E-state index is 9.83. The van der Waals surface area contributed by atoms with E-state index in [9.17, 15) is 5.11 Å². The minimum Gasteiger partial charge on any atom is -0.497 e. The molecule has 0 aromatic heterocycles. The fourth-order valence-electron chi connectivity index (χ4n) is 1.62. The molecule has 0 saturated heterocycles. The van der Waals surface area contributed by atoms with Gasteiger partial charge in [-0.3, -0.25) is 0 Å². The van der Waals surface area contributed by atoms with Gasteiger partial charge in [0.25, 0.3) is 0 Å². The Hall–Kier alpha value is -1.30. The molecule has 0 bridgehead atoms. The molecule has 1 atom stereocenters. The molecule has 1 aromatic rings. The van der Waals surface area contributed by atoms with Crippen LogP contribution < -0.4 is 9.47 Å². The maximum absolute atomic E-state index is 9.83. The molecule has 0 aliphatic heterocycles. The van der Waals surface area contributed by atoms with E-state index in [-0.39, 0.29) is 13.4 Å². The van der Waals surface area contributed by atoms with Crippen LogP contribution in [0.5, 0.6) is 11.5 Å². The highest BCUT2D eigenvalue weighted by Gasteiger charge is 2.19. The molecule has 5 heteroatoms. The Morgan fingerprint density at radius 3 is 2.58 bits per heavy atom. The first-order valence-electron chi connectivity index (χ1n) is 6.14. The van der Waals surface area contributed by atoms with Crippen molar-refractivity contribution in [3.05, 3.63) is 23.8 Å². The van der Waals surface area contributed by atoms with Crippen molar-refractivity contribution in [3.63, 3.8) is 0 Å². The molecule has 108 valence electrons. The van der Waals surface area contributed by atoms with Gasteiger partial charge in [-0.15, -0.1) is 0 Å². The van der Waals surface area contributed by atoms with Crippen molar-refractivity contribution < 1.29 is 24.4 Å². The van der Waals surface area contributed by atoms with E-state index in [2.05, 4.69) is 0 Å². The molecule has 1 rings (SSSR count). The number of benzene rings is 1. The van der Waals surface area contributed by atoms with Crippen molar-refractivity contribution in [1.29, 1.82) is 0 Å². The average Bonchev–Trinajstić information content (AvgIpc) is 2.43. The molecule has 0 aliphatic carbocycles. The van der Waals surface area contributed by atoms with Crippen LogP contribution in [0.4, 0.5) is 0 Å². The number of aliphatic hydroxyl groups excluding tert-OH is 1. The van der Waals surface area contributed by atoms with E-state index >= 15 is 0 Å². The third-order valence-corrected chi connectivity index (χ3v) is 2.87. The zero-order valence-corrected chi connectivity index (χ0v) is 11.7. The van der Waals surface area contributed by atoms with Gasteiger partial charge < -0.3 is 24.4 Å². The predicted molar refractivity (Wildman–Crippen MR) is 71.5 cm³/mol. The Bertz CT molecular complexity index is 389. The zero-order valence-electron chi connectivity index (χ0n) is 11.7. The molecule has 2 N–H and O–H groups in total. The molecule has 0 saturated carbocycles. The minimum atomic E-state index is -1.10. The van der Waals surface area contributed by atoms with Gasteiger partial charge in [-0.05, 0) is 43.5 Å². The highest BCUT2D eigenvalue weighted by atomic mass is 16.7. The van der Waals surface area contributed by atoms with Gasteiger partial charge in [-0.2, -0.15) is 0 Å². The van der Waals surface area contributed by atoms with E-state index < -0.39 is 5.60 Å². The molecular weight excluding hydrogens is 248 g/mol. The van der Waals surface area contributed by atoms with Gasteiger partial charge in [-0.1, -0.05) is 0 Å². The monoisotopic (exact) mass is 270 g/mol. The van der Waals surface area contributed by atoms with E-state index in [1.54, 1.807) is 33.3 Å².